The molecule has 2 heterocycles. The monoisotopic (exact) mass is 407 g/mol. The Bertz CT molecular complexity index is 765. The minimum Gasteiger partial charge on any atom is -0.374 e. The van der Waals surface area contributed by atoms with Crippen molar-refractivity contribution in [1.29, 1.82) is 0 Å². The molecule has 1 amide bonds. The average Bonchev–Trinajstić information content (AvgIpc) is 3.08. The van der Waals surface area contributed by atoms with Gasteiger partial charge in [0.2, 0.25) is 5.91 Å². The van der Waals surface area contributed by atoms with Crippen molar-refractivity contribution in [3.8, 4) is 10.6 Å². The molecule has 0 spiro atoms. The van der Waals surface area contributed by atoms with E-state index in [0.717, 1.165) is 42.5 Å². The summed E-state index contributed by atoms with van der Waals surface area (Å²) in [5.41, 5.74) is 1.66. The number of nitrogens with zero attached hydrogens (tertiary/aromatic N) is 2. The van der Waals surface area contributed by atoms with Crippen molar-refractivity contribution in [3.63, 3.8) is 0 Å². The number of hydrogen-bond donors (Lipinski definition) is 1. The predicted molar refractivity (Wildman–Crippen MR) is 110 cm³/mol. The van der Waals surface area contributed by atoms with Gasteiger partial charge in [-0.25, -0.2) is 4.98 Å². The summed E-state index contributed by atoms with van der Waals surface area (Å²) < 4.78 is 5.78. The fraction of sp³-hybridized carbons (Fsp3) is 0.500. The molecule has 1 aromatic carbocycles. The Morgan fingerprint density at radius 1 is 1.44 bits per heavy atom. The number of hydrogen-bond acceptors (Lipinski definition) is 5. The quantitative estimate of drug-likeness (QED) is 0.763. The SMILES string of the molecule is CC(C)CN1CCOC(CNC(=O)Cc2csc(-c3ccccc3Cl)n2)C1. The number of ether oxygens (including phenoxy) is 1. The Morgan fingerprint density at radius 2 is 2.26 bits per heavy atom. The van der Waals surface area contributed by atoms with Gasteiger partial charge in [0.15, 0.2) is 0 Å². The summed E-state index contributed by atoms with van der Waals surface area (Å²) in [5.74, 6) is 0.603. The summed E-state index contributed by atoms with van der Waals surface area (Å²) >= 11 is 7.73. The molecule has 1 unspecified atom stereocenters. The van der Waals surface area contributed by atoms with Crippen molar-refractivity contribution >= 4 is 28.8 Å². The van der Waals surface area contributed by atoms with E-state index in [9.17, 15) is 4.79 Å². The minimum atomic E-state index is -0.0319. The lowest BCUT2D eigenvalue weighted by atomic mass is 10.2. The highest BCUT2D eigenvalue weighted by Crippen LogP contribution is 2.30. The molecule has 27 heavy (non-hydrogen) atoms. The largest absolute Gasteiger partial charge is 0.374 e. The lowest BCUT2D eigenvalue weighted by molar-refractivity contribution is -0.121. The van der Waals surface area contributed by atoms with E-state index < -0.39 is 0 Å². The van der Waals surface area contributed by atoms with Crippen LogP contribution in [0.5, 0.6) is 0 Å². The van der Waals surface area contributed by atoms with E-state index in [1.807, 2.05) is 29.6 Å². The number of halogens is 1. The molecule has 1 N–H and O–H groups in total. The molecule has 2 aromatic rings. The zero-order valence-corrected chi connectivity index (χ0v) is 17.4. The van der Waals surface area contributed by atoms with Crippen LogP contribution in [0.2, 0.25) is 5.02 Å². The van der Waals surface area contributed by atoms with Crippen LogP contribution in [0.1, 0.15) is 19.5 Å². The molecule has 1 saturated heterocycles. The highest BCUT2D eigenvalue weighted by Gasteiger charge is 2.21. The van der Waals surface area contributed by atoms with E-state index in [4.69, 9.17) is 16.3 Å². The van der Waals surface area contributed by atoms with Crippen molar-refractivity contribution in [1.82, 2.24) is 15.2 Å². The molecule has 7 heteroatoms. The highest BCUT2D eigenvalue weighted by molar-refractivity contribution is 7.13. The molecular weight excluding hydrogens is 382 g/mol. The maximum Gasteiger partial charge on any atom is 0.226 e. The zero-order valence-electron chi connectivity index (χ0n) is 15.8. The van der Waals surface area contributed by atoms with Crippen LogP contribution in [0.3, 0.4) is 0 Å². The molecule has 1 aliphatic rings. The molecule has 0 saturated carbocycles. The van der Waals surface area contributed by atoms with Gasteiger partial charge in [-0.15, -0.1) is 11.3 Å². The average molecular weight is 408 g/mol. The van der Waals surface area contributed by atoms with Crippen LogP contribution in [0.25, 0.3) is 10.6 Å². The standard InChI is InChI=1S/C20H26ClN3O2S/c1-14(2)11-24-7-8-26-16(12-24)10-22-19(25)9-15-13-27-20(23-15)17-5-3-4-6-18(17)21/h3-6,13-14,16H,7-12H2,1-2H3,(H,22,25). The Morgan fingerprint density at radius 3 is 3.04 bits per heavy atom. The van der Waals surface area contributed by atoms with Gasteiger partial charge in [0.1, 0.15) is 5.01 Å². The van der Waals surface area contributed by atoms with Crippen LogP contribution in [0, 0.1) is 5.92 Å². The second kappa shape index (κ2) is 9.64. The first-order chi connectivity index (χ1) is 13.0. The lowest BCUT2D eigenvalue weighted by Crippen LogP contribution is -2.48. The molecule has 0 aliphatic carbocycles. The lowest BCUT2D eigenvalue weighted by Gasteiger charge is -2.33. The van der Waals surface area contributed by atoms with Gasteiger partial charge < -0.3 is 10.1 Å². The molecule has 146 valence electrons. The van der Waals surface area contributed by atoms with Crippen LogP contribution in [0.4, 0.5) is 0 Å². The fourth-order valence-electron chi connectivity index (χ4n) is 3.19. The van der Waals surface area contributed by atoms with E-state index >= 15 is 0 Å². The van der Waals surface area contributed by atoms with Crippen molar-refractivity contribution < 1.29 is 9.53 Å². The Labute approximate surface area is 169 Å². The number of benzene rings is 1. The third-order valence-electron chi connectivity index (χ3n) is 4.37. The number of thiazole rings is 1. The van der Waals surface area contributed by atoms with Gasteiger partial charge in [0, 0.05) is 37.1 Å². The summed E-state index contributed by atoms with van der Waals surface area (Å²) in [6.45, 7) is 8.60. The number of rotatable bonds is 7. The van der Waals surface area contributed by atoms with E-state index in [2.05, 4.69) is 29.0 Å². The molecule has 3 rings (SSSR count). The first kappa shape index (κ1) is 20.3. The fourth-order valence-corrected chi connectivity index (χ4v) is 4.33. The number of amides is 1. The molecule has 1 aromatic heterocycles. The summed E-state index contributed by atoms with van der Waals surface area (Å²) in [6.07, 6.45) is 0.319. The molecule has 1 aliphatic heterocycles. The molecule has 1 atom stereocenters. The maximum atomic E-state index is 12.3. The van der Waals surface area contributed by atoms with Gasteiger partial charge in [-0.2, -0.15) is 0 Å². The smallest absolute Gasteiger partial charge is 0.226 e. The van der Waals surface area contributed by atoms with Crippen LogP contribution < -0.4 is 5.32 Å². The Hall–Kier alpha value is -1.47. The van der Waals surface area contributed by atoms with Crippen molar-refractivity contribution in [2.24, 2.45) is 5.92 Å². The minimum absolute atomic E-state index is 0.0319. The van der Waals surface area contributed by atoms with Crippen molar-refractivity contribution in [3.05, 3.63) is 40.4 Å². The second-order valence-electron chi connectivity index (χ2n) is 7.25. The Kier molecular flexibility index (Phi) is 7.24. The first-order valence-corrected chi connectivity index (χ1v) is 10.6. The van der Waals surface area contributed by atoms with Crippen LogP contribution in [0.15, 0.2) is 29.6 Å². The summed E-state index contributed by atoms with van der Waals surface area (Å²) in [7, 11) is 0. The third kappa shape index (κ3) is 6.01. The molecular formula is C20H26ClN3O2S. The molecule has 1 fully saturated rings. The topological polar surface area (TPSA) is 54.5 Å². The van der Waals surface area contributed by atoms with Crippen LogP contribution in [-0.2, 0) is 16.0 Å². The van der Waals surface area contributed by atoms with Gasteiger partial charge in [-0.1, -0.05) is 43.6 Å². The summed E-state index contributed by atoms with van der Waals surface area (Å²) in [6, 6.07) is 7.61. The van der Waals surface area contributed by atoms with Gasteiger partial charge in [0.25, 0.3) is 0 Å². The first-order valence-electron chi connectivity index (χ1n) is 9.31. The number of carbonyl (C=O) groups excluding carboxylic acids is 1. The van der Waals surface area contributed by atoms with E-state index in [1.54, 1.807) is 0 Å². The molecule has 0 radical (unpaired) electrons. The highest BCUT2D eigenvalue weighted by atomic mass is 35.5. The van der Waals surface area contributed by atoms with E-state index in [1.165, 1.54) is 11.3 Å². The Balaban J connectivity index is 1.48. The molecule has 0 bridgehead atoms. The van der Waals surface area contributed by atoms with Crippen LogP contribution >= 0.6 is 22.9 Å². The normalized spacial score (nSPS) is 18.0. The van der Waals surface area contributed by atoms with Crippen LogP contribution in [-0.4, -0.2) is 54.7 Å². The molecule has 5 nitrogen and oxygen atoms in total. The summed E-state index contributed by atoms with van der Waals surface area (Å²) in [4.78, 5) is 19.2. The number of nitrogens with one attached hydrogen (secondary N) is 1. The summed E-state index contributed by atoms with van der Waals surface area (Å²) in [5, 5.41) is 6.41. The predicted octanol–water partition coefficient (Wildman–Crippen LogP) is 3.48. The maximum absolute atomic E-state index is 12.3. The van der Waals surface area contributed by atoms with Crippen molar-refractivity contribution in [2.45, 2.75) is 26.4 Å². The van der Waals surface area contributed by atoms with Crippen molar-refractivity contribution in [2.75, 3.05) is 32.8 Å². The number of aromatic nitrogens is 1. The third-order valence-corrected chi connectivity index (χ3v) is 5.62. The zero-order chi connectivity index (χ0) is 19.2. The van der Waals surface area contributed by atoms with Gasteiger partial charge >= 0.3 is 0 Å². The van der Waals surface area contributed by atoms with Gasteiger partial charge in [-0.05, 0) is 12.0 Å². The van der Waals surface area contributed by atoms with Gasteiger partial charge in [-0.3, -0.25) is 9.69 Å². The van der Waals surface area contributed by atoms with Gasteiger partial charge in [0.05, 0.1) is 29.8 Å². The van der Waals surface area contributed by atoms with E-state index in [0.29, 0.717) is 17.5 Å². The van der Waals surface area contributed by atoms with E-state index in [-0.39, 0.29) is 18.4 Å². The second-order valence-corrected chi connectivity index (χ2v) is 8.52. The number of morpholine rings is 1. The number of carbonyl (C=O) groups is 1.